The summed E-state index contributed by atoms with van der Waals surface area (Å²) in [5.41, 5.74) is 4.66. The zero-order valence-corrected chi connectivity index (χ0v) is 43.2. The van der Waals surface area contributed by atoms with Gasteiger partial charge in [0.1, 0.15) is 0 Å². The SMILES string of the molecule is CC(C)(C)[Si](OC1(C[SiH](CC2(O[Si](c3ccccc3)(c3ccccc3)C(C)(C)C)Cc3ccccc3C2)[Zr]([Cl])[Cl])Cc2ccccc2C1)(c1ccccc1)c1ccccc1. The molecule has 8 rings (SSSR count). The predicted molar refractivity (Wildman–Crippen MR) is 259 cm³/mol. The summed E-state index contributed by atoms with van der Waals surface area (Å²) in [6.07, 6.45) is 3.46. The van der Waals surface area contributed by atoms with E-state index in [1.54, 1.807) is 0 Å². The standard InChI is InChI=1S/C52H59O2Si3.2ClH.Zr/c1-49(2,3)56(45-27-11-7-12-28-45,46-29-13-8-14-30-46)53-51(35-41-23-19-20-24-42(41)36-51)39-55-40-52(37-43-25-21-22-26-44(43)38-52)54-57(50(4,5)6,47-31-15-9-16-32-47)48-33-17-10-18-34-48;;;/h7-34,55H,35-40H2,1-6H3;2*1H;/q;;;+2/p-2. The zero-order valence-electron chi connectivity index (χ0n) is 36.1. The summed E-state index contributed by atoms with van der Waals surface area (Å²) in [7, 11) is 9.43. The van der Waals surface area contributed by atoms with Gasteiger partial charge >= 0.3 is 380 Å². The monoisotopic (exact) mass is 959 g/mol. The quantitative estimate of drug-likeness (QED) is 0.107. The van der Waals surface area contributed by atoms with Crippen LogP contribution in [-0.4, -0.2) is 33.8 Å². The van der Waals surface area contributed by atoms with E-state index in [0.29, 0.717) is 0 Å². The molecule has 309 valence electrons. The average molecular weight is 962 g/mol. The molecule has 2 nitrogen and oxygen atoms in total. The van der Waals surface area contributed by atoms with Crippen LogP contribution < -0.4 is 20.7 Å². The molecule has 0 unspecified atom stereocenters. The van der Waals surface area contributed by atoms with Gasteiger partial charge in [-0.05, 0) is 0 Å². The Morgan fingerprint density at radius 1 is 0.433 bits per heavy atom. The molecule has 2 aliphatic rings. The second kappa shape index (κ2) is 17.5. The van der Waals surface area contributed by atoms with Crippen LogP contribution in [0.25, 0.3) is 0 Å². The summed E-state index contributed by atoms with van der Waals surface area (Å²) in [5.74, 6) is -1.95. The van der Waals surface area contributed by atoms with Gasteiger partial charge < -0.3 is 0 Å². The molecular weight excluding hydrogens is 903 g/mol. The first-order chi connectivity index (χ1) is 28.7. The molecule has 6 aromatic rings. The van der Waals surface area contributed by atoms with E-state index in [4.69, 9.17) is 25.9 Å². The van der Waals surface area contributed by atoms with Crippen molar-refractivity contribution in [2.45, 2.75) is 101 Å². The maximum atomic E-state index is 8.40. The Labute approximate surface area is 377 Å². The third-order valence-corrected chi connectivity index (χ3v) is 45.3. The van der Waals surface area contributed by atoms with Gasteiger partial charge in [0.2, 0.25) is 0 Å². The van der Waals surface area contributed by atoms with Crippen molar-refractivity contribution in [3.8, 4) is 0 Å². The number of hydrogen-bond acceptors (Lipinski definition) is 2. The Bertz CT molecular complexity index is 2070. The fourth-order valence-electron chi connectivity index (χ4n) is 10.9. The van der Waals surface area contributed by atoms with Gasteiger partial charge in [0.15, 0.2) is 0 Å². The van der Waals surface area contributed by atoms with Crippen molar-refractivity contribution >= 4 is 60.3 Å². The summed E-state index contributed by atoms with van der Waals surface area (Å²) < 4.78 is 16.8. The van der Waals surface area contributed by atoms with Crippen molar-refractivity contribution < 1.29 is 27.4 Å². The van der Waals surface area contributed by atoms with Gasteiger partial charge in [0.25, 0.3) is 0 Å². The fourth-order valence-corrected chi connectivity index (χ4v) is 37.1. The van der Waals surface area contributed by atoms with Crippen molar-refractivity contribution in [1.82, 2.24) is 0 Å². The van der Waals surface area contributed by atoms with Crippen molar-refractivity contribution in [1.29, 1.82) is 0 Å². The molecule has 0 aliphatic heterocycles. The molecule has 2 aliphatic carbocycles. The molecule has 0 spiro atoms. The normalized spacial score (nSPS) is 16.1. The molecule has 6 aromatic carbocycles. The van der Waals surface area contributed by atoms with Gasteiger partial charge in [-0.2, -0.15) is 0 Å². The van der Waals surface area contributed by atoms with Gasteiger partial charge in [-0.1, -0.05) is 0 Å². The van der Waals surface area contributed by atoms with E-state index in [2.05, 4.69) is 211 Å². The molecule has 0 aromatic heterocycles. The van der Waals surface area contributed by atoms with Crippen LogP contribution in [-0.2, 0) is 53.1 Å². The fraction of sp³-hybridized carbons (Fsp3) is 0.308. The first-order valence-corrected chi connectivity index (χ1v) is 38.2. The first-order valence-electron chi connectivity index (χ1n) is 21.6. The maximum absolute atomic E-state index is 8.40. The molecule has 0 bridgehead atoms. The van der Waals surface area contributed by atoms with Crippen LogP contribution in [0.5, 0.6) is 0 Å². The number of hydrogen-bond donors (Lipinski definition) is 0. The summed E-state index contributed by atoms with van der Waals surface area (Å²) in [4.78, 5) is 0. The van der Waals surface area contributed by atoms with Crippen LogP contribution in [0, 0.1) is 0 Å². The summed E-state index contributed by atoms with van der Waals surface area (Å²) in [6, 6.07) is 64.5. The zero-order chi connectivity index (χ0) is 42.2. The van der Waals surface area contributed by atoms with Crippen LogP contribution >= 0.6 is 17.0 Å². The number of rotatable bonds is 13. The summed E-state index contributed by atoms with van der Waals surface area (Å²) >= 11 is -2.96. The minimum atomic E-state index is -2.96. The second-order valence-electron chi connectivity index (χ2n) is 19.5. The molecule has 0 radical (unpaired) electrons. The molecule has 0 saturated heterocycles. The van der Waals surface area contributed by atoms with E-state index in [0.717, 1.165) is 37.8 Å². The van der Waals surface area contributed by atoms with Crippen molar-refractivity contribution in [2.24, 2.45) is 0 Å². The Hall–Kier alpha value is -2.65. The predicted octanol–water partition coefficient (Wildman–Crippen LogP) is 10.9. The van der Waals surface area contributed by atoms with E-state index in [-0.39, 0.29) is 10.1 Å². The van der Waals surface area contributed by atoms with E-state index >= 15 is 0 Å². The van der Waals surface area contributed by atoms with Crippen LogP contribution in [0.15, 0.2) is 170 Å². The van der Waals surface area contributed by atoms with Crippen LogP contribution in [0.4, 0.5) is 0 Å². The van der Waals surface area contributed by atoms with Crippen LogP contribution in [0.1, 0.15) is 63.8 Å². The topological polar surface area (TPSA) is 18.5 Å². The van der Waals surface area contributed by atoms with Gasteiger partial charge in [-0.15, -0.1) is 0 Å². The molecule has 0 saturated carbocycles. The summed E-state index contributed by atoms with van der Waals surface area (Å²) in [5, 5.41) is 4.91. The molecule has 0 heterocycles. The van der Waals surface area contributed by atoms with Gasteiger partial charge in [-0.3, -0.25) is 0 Å². The van der Waals surface area contributed by atoms with Crippen molar-refractivity contribution in [2.75, 3.05) is 0 Å². The minimum absolute atomic E-state index is 0.168. The van der Waals surface area contributed by atoms with E-state index in [1.165, 1.54) is 43.0 Å². The Kier molecular flexibility index (Phi) is 12.8. The molecule has 0 atom stereocenters. The molecular formula is C52H59Cl2O2Si3Zr. The van der Waals surface area contributed by atoms with Gasteiger partial charge in [0.05, 0.1) is 0 Å². The molecule has 0 N–H and O–H groups in total. The Morgan fingerprint density at radius 2 is 0.667 bits per heavy atom. The van der Waals surface area contributed by atoms with Gasteiger partial charge in [-0.25, -0.2) is 0 Å². The average Bonchev–Trinajstić information content (AvgIpc) is 3.80. The van der Waals surface area contributed by atoms with E-state index < -0.39 is 52.3 Å². The molecule has 60 heavy (non-hydrogen) atoms. The number of benzene rings is 6. The molecule has 0 fully saturated rings. The molecule has 0 amide bonds. The van der Waals surface area contributed by atoms with E-state index in [9.17, 15) is 0 Å². The van der Waals surface area contributed by atoms with Crippen molar-refractivity contribution in [3.63, 3.8) is 0 Å². The third-order valence-electron chi connectivity index (χ3n) is 13.4. The molecule has 8 heteroatoms. The van der Waals surface area contributed by atoms with Crippen LogP contribution in [0.3, 0.4) is 0 Å². The number of halogens is 2. The van der Waals surface area contributed by atoms with Gasteiger partial charge in [0, 0.05) is 0 Å². The Balaban J connectivity index is 1.28. The Morgan fingerprint density at radius 3 is 0.883 bits per heavy atom. The third kappa shape index (κ3) is 8.42. The van der Waals surface area contributed by atoms with Crippen molar-refractivity contribution in [3.05, 3.63) is 192 Å². The first kappa shape index (κ1) is 44.0. The second-order valence-corrected chi connectivity index (χ2v) is 51.3. The number of fused-ring (bicyclic) bond motifs is 2. The van der Waals surface area contributed by atoms with E-state index in [1.807, 2.05) is 0 Å². The summed E-state index contributed by atoms with van der Waals surface area (Å²) in [6.45, 7) is 14.4. The van der Waals surface area contributed by atoms with Crippen LogP contribution in [0.2, 0.25) is 22.2 Å².